The number of aromatic nitrogens is 2. The van der Waals surface area contributed by atoms with E-state index in [1.165, 1.54) is 6.07 Å². The van der Waals surface area contributed by atoms with E-state index in [1.54, 1.807) is 13.2 Å². The lowest BCUT2D eigenvalue weighted by atomic mass is 9.95. The normalized spacial score (nSPS) is 16.6. The number of hydrogen-bond donors (Lipinski definition) is 2. The van der Waals surface area contributed by atoms with Gasteiger partial charge in [0.05, 0.1) is 24.4 Å². The van der Waals surface area contributed by atoms with Crippen molar-refractivity contribution < 1.29 is 14.2 Å². The fraction of sp³-hybridized carbons (Fsp3) is 0.565. The van der Waals surface area contributed by atoms with Gasteiger partial charge < -0.3 is 20.1 Å². The number of rotatable bonds is 6. The third-order valence-electron chi connectivity index (χ3n) is 5.37. The number of ether oxygens (including phenoxy) is 1. The maximum absolute atomic E-state index is 14.1. The molecule has 1 aromatic carbocycles. The van der Waals surface area contributed by atoms with Crippen molar-refractivity contribution in [3.63, 3.8) is 0 Å². The summed E-state index contributed by atoms with van der Waals surface area (Å²) < 4.78 is 19.4. The molecule has 1 aliphatic rings. The molecular formula is C23H33FN4O2. The summed E-state index contributed by atoms with van der Waals surface area (Å²) in [5.74, 6) is 1.16. The molecule has 0 spiro atoms. The molecule has 0 aliphatic carbocycles. The predicted molar refractivity (Wildman–Crippen MR) is 117 cm³/mol. The smallest absolute Gasteiger partial charge is 0.136 e. The molecule has 0 radical (unpaired) electrons. The fourth-order valence-corrected chi connectivity index (χ4v) is 3.70. The van der Waals surface area contributed by atoms with Crippen LogP contribution in [0.5, 0.6) is 0 Å². The van der Waals surface area contributed by atoms with Crippen LogP contribution in [0.1, 0.15) is 63.7 Å². The second-order valence-corrected chi connectivity index (χ2v) is 9.04. The van der Waals surface area contributed by atoms with Crippen LogP contribution < -0.4 is 10.2 Å². The number of hydrogen-bond acceptors (Lipinski definition) is 6. The van der Waals surface area contributed by atoms with Crippen LogP contribution in [0.15, 0.2) is 24.3 Å². The summed E-state index contributed by atoms with van der Waals surface area (Å²) in [6, 6.07) is 6.62. The van der Waals surface area contributed by atoms with Crippen molar-refractivity contribution in [2.75, 3.05) is 30.4 Å². The second kappa shape index (κ2) is 9.27. The van der Waals surface area contributed by atoms with E-state index >= 15 is 0 Å². The number of anilines is 2. The van der Waals surface area contributed by atoms with Gasteiger partial charge in [0.2, 0.25) is 0 Å². The van der Waals surface area contributed by atoms with Crippen LogP contribution >= 0.6 is 0 Å². The number of benzene rings is 1. The van der Waals surface area contributed by atoms with Gasteiger partial charge in [0.1, 0.15) is 17.5 Å². The van der Waals surface area contributed by atoms with Crippen LogP contribution in [-0.2, 0) is 16.8 Å². The second-order valence-electron chi connectivity index (χ2n) is 9.04. The Balaban J connectivity index is 1.89. The Morgan fingerprint density at radius 2 is 1.93 bits per heavy atom. The Kier molecular flexibility index (Phi) is 6.93. The molecule has 2 aromatic rings. The predicted octanol–water partition coefficient (Wildman–Crippen LogP) is 4.19. The van der Waals surface area contributed by atoms with Gasteiger partial charge in [-0.15, -0.1) is 0 Å². The van der Waals surface area contributed by atoms with Gasteiger partial charge in [-0.3, -0.25) is 0 Å². The lowest BCUT2D eigenvalue weighted by Gasteiger charge is -2.34. The van der Waals surface area contributed by atoms with Gasteiger partial charge in [-0.2, -0.15) is 0 Å². The molecule has 0 saturated carbocycles. The molecule has 1 fully saturated rings. The van der Waals surface area contributed by atoms with Gasteiger partial charge in [-0.1, -0.05) is 20.8 Å². The van der Waals surface area contributed by atoms with Crippen LogP contribution in [0.3, 0.4) is 0 Å². The molecule has 6 nitrogen and oxygen atoms in total. The molecule has 30 heavy (non-hydrogen) atoms. The first-order valence-corrected chi connectivity index (χ1v) is 10.5. The van der Waals surface area contributed by atoms with Crippen LogP contribution in [0, 0.1) is 5.82 Å². The minimum absolute atomic E-state index is 0.166. The number of aliphatic hydroxyl groups is 1. The topological polar surface area (TPSA) is 70.5 Å². The van der Waals surface area contributed by atoms with E-state index < -0.39 is 0 Å². The zero-order valence-electron chi connectivity index (χ0n) is 18.6. The van der Waals surface area contributed by atoms with Crippen molar-refractivity contribution in [3.05, 3.63) is 47.2 Å². The number of nitrogens with one attached hydrogen (secondary N) is 1. The summed E-state index contributed by atoms with van der Waals surface area (Å²) in [5.41, 5.74) is 2.46. The molecule has 164 valence electrons. The summed E-state index contributed by atoms with van der Waals surface area (Å²) in [5, 5.41) is 13.3. The van der Waals surface area contributed by atoms with Crippen LogP contribution in [-0.4, -0.2) is 41.4 Å². The van der Waals surface area contributed by atoms with Crippen LogP contribution in [0.25, 0.3) is 0 Å². The molecule has 1 saturated heterocycles. The van der Waals surface area contributed by atoms with Crippen molar-refractivity contribution >= 4 is 11.5 Å². The highest BCUT2D eigenvalue weighted by atomic mass is 19.1. The van der Waals surface area contributed by atoms with Gasteiger partial charge >= 0.3 is 0 Å². The van der Waals surface area contributed by atoms with E-state index in [-0.39, 0.29) is 23.4 Å². The zero-order chi connectivity index (χ0) is 21.9. The van der Waals surface area contributed by atoms with E-state index in [0.717, 1.165) is 48.7 Å². The Morgan fingerprint density at radius 3 is 2.57 bits per heavy atom. The average Bonchev–Trinajstić information content (AvgIpc) is 2.68. The highest BCUT2D eigenvalue weighted by molar-refractivity contribution is 5.57. The minimum Gasteiger partial charge on any atom is -0.393 e. The number of nitrogens with zero attached hydrogens (tertiary/aromatic N) is 3. The maximum Gasteiger partial charge on any atom is 0.136 e. The molecule has 0 amide bonds. The zero-order valence-corrected chi connectivity index (χ0v) is 18.6. The molecule has 0 bridgehead atoms. The summed E-state index contributed by atoms with van der Waals surface area (Å²) in [6.07, 6.45) is 1.19. The Labute approximate surface area is 178 Å². The minimum atomic E-state index is -0.266. The SMILES string of the molecule is COCc1cc(NC(C)c2cc(F)ccc2N2CCC(O)CC2)nc(C(C)(C)C)n1. The van der Waals surface area contributed by atoms with Crippen molar-refractivity contribution in [2.24, 2.45) is 0 Å². The maximum atomic E-state index is 14.1. The van der Waals surface area contributed by atoms with Gasteiger partial charge in [0.15, 0.2) is 0 Å². The number of halogens is 1. The van der Waals surface area contributed by atoms with Gasteiger partial charge in [0, 0.05) is 42.9 Å². The van der Waals surface area contributed by atoms with Crippen molar-refractivity contribution in [1.82, 2.24) is 9.97 Å². The van der Waals surface area contributed by atoms with E-state index in [0.29, 0.717) is 12.4 Å². The van der Waals surface area contributed by atoms with E-state index in [2.05, 4.69) is 36.0 Å². The third-order valence-corrected chi connectivity index (χ3v) is 5.37. The molecule has 1 unspecified atom stereocenters. The van der Waals surface area contributed by atoms with Crippen LogP contribution in [0.4, 0.5) is 15.9 Å². The van der Waals surface area contributed by atoms with Crippen molar-refractivity contribution in [3.8, 4) is 0 Å². The van der Waals surface area contributed by atoms with E-state index in [1.807, 2.05) is 19.1 Å². The van der Waals surface area contributed by atoms with Gasteiger partial charge in [0.25, 0.3) is 0 Å². The molecule has 1 atom stereocenters. The Bertz CT molecular complexity index is 861. The standard InChI is InChI=1S/C23H33FN4O2/c1-15(25-21-13-17(14-30-5)26-22(27-21)23(2,3)4)19-12-16(24)6-7-20(19)28-10-8-18(29)9-11-28/h6-7,12-13,15,18,29H,8-11,14H2,1-5H3,(H,25,26,27). The summed E-state index contributed by atoms with van der Waals surface area (Å²) in [7, 11) is 1.64. The largest absolute Gasteiger partial charge is 0.393 e. The molecule has 2 heterocycles. The fourth-order valence-electron chi connectivity index (χ4n) is 3.70. The first kappa shape index (κ1) is 22.4. The third kappa shape index (κ3) is 5.46. The quantitative estimate of drug-likeness (QED) is 0.736. The number of methoxy groups -OCH3 is 1. The molecule has 3 rings (SSSR count). The first-order valence-electron chi connectivity index (χ1n) is 10.5. The first-order chi connectivity index (χ1) is 14.2. The van der Waals surface area contributed by atoms with E-state index in [4.69, 9.17) is 9.72 Å². The lowest BCUT2D eigenvalue weighted by Crippen LogP contribution is -2.36. The van der Waals surface area contributed by atoms with E-state index in [9.17, 15) is 9.50 Å². The summed E-state index contributed by atoms with van der Waals surface area (Å²) in [4.78, 5) is 11.5. The number of piperidine rings is 1. The Hall–Kier alpha value is -2.25. The molecular weight excluding hydrogens is 383 g/mol. The molecule has 7 heteroatoms. The summed E-state index contributed by atoms with van der Waals surface area (Å²) >= 11 is 0. The average molecular weight is 417 g/mol. The molecule has 1 aliphatic heterocycles. The number of aliphatic hydroxyl groups excluding tert-OH is 1. The summed E-state index contributed by atoms with van der Waals surface area (Å²) in [6.45, 7) is 10.1. The molecule has 2 N–H and O–H groups in total. The van der Waals surface area contributed by atoms with Crippen molar-refractivity contribution in [2.45, 2.75) is 64.7 Å². The van der Waals surface area contributed by atoms with Crippen LogP contribution in [0.2, 0.25) is 0 Å². The molecule has 1 aromatic heterocycles. The highest BCUT2D eigenvalue weighted by Gasteiger charge is 2.23. The lowest BCUT2D eigenvalue weighted by molar-refractivity contribution is 0.145. The Morgan fingerprint density at radius 1 is 1.23 bits per heavy atom. The highest BCUT2D eigenvalue weighted by Crippen LogP contribution is 2.32. The monoisotopic (exact) mass is 416 g/mol. The van der Waals surface area contributed by atoms with Gasteiger partial charge in [-0.25, -0.2) is 14.4 Å². The van der Waals surface area contributed by atoms with Gasteiger partial charge in [-0.05, 0) is 38.0 Å². The van der Waals surface area contributed by atoms with Crippen molar-refractivity contribution in [1.29, 1.82) is 0 Å².